The predicted molar refractivity (Wildman–Crippen MR) is 312 cm³/mol. The second kappa shape index (κ2) is 57.1. The van der Waals surface area contributed by atoms with Crippen molar-refractivity contribution in [1.82, 2.24) is 0 Å². The standard InChI is InChI=1S/C66H128O6/c1-7-60(4)52-46-40-34-28-22-18-14-12-10-11-13-15-21-25-33-39-45-51-57-66(69)72-63(59-71-65(68)56-50-44-38-32-27-26-30-36-42-48-54-62(6)9-3)58-70-64(67)55-49-43-37-31-24-20-17-16-19-23-29-35-41-47-53-61(5)8-2/h60-63H,7-59H2,1-6H3/t60?,61?,62?,63-/m0/s1. The molecule has 6 nitrogen and oxygen atoms in total. The van der Waals surface area contributed by atoms with Gasteiger partial charge in [-0.1, -0.05) is 330 Å². The van der Waals surface area contributed by atoms with E-state index in [1.807, 2.05) is 0 Å². The summed E-state index contributed by atoms with van der Waals surface area (Å²) in [6.45, 7) is 13.9. The summed E-state index contributed by atoms with van der Waals surface area (Å²) in [5.41, 5.74) is 0. The number of carbonyl (C=O) groups is 3. The summed E-state index contributed by atoms with van der Waals surface area (Å²) in [5.74, 6) is 1.84. The molecule has 0 bridgehead atoms. The maximum absolute atomic E-state index is 12.9. The van der Waals surface area contributed by atoms with Crippen molar-refractivity contribution < 1.29 is 28.6 Å². The summed E-state index contributed by atoms with van der Waals surface area (Å²) in [6, 6.07) is 0. The molecule has 0 saturated heterocycles. The van der Waals surface area contributed by atoms with E-state index in [0.717, 1.165) is 75.5 Å². The summed E-state index contributed by atoms with van der Waals surface area (Å²) in [5, 5.41) is 0. The SMILES string of the molecule is CCC(C)CCCCCCCCCCCCCCCCCCCCC(=O)O[C@@H](COC(=O)CCCCCCCCCCCCCCCCC(C)CC)COC(=O)CCCCCCCCCCCCC(C)CC. The van der Waals surface area contributed by atoms with Crippen LogP contribution < -0.4 is 0 Å². The summed E-state index contributed by atoms with van der Waals surface area (Å²) in [6.07, 6.45) is 62.3. The Labute approximate surface area is 450 Å². The Kier molecular flexibility index (Phi) is 55.9. The van der Waals surface area contributed by atoms with Crippen molar-refractivity contribution in [2.45, 2.75) is 375 Å². The quantitative estimate of drug-likeness (QED) is 0.0343. The van der Waals surface area contributed by atoms with Crippen LogP contribution in [-0.4, -0.2) is 37.2 Å². The molecule has 0 aliphatic heterocycles. The monoisotopic (exact) mass is 1020 g/mol. The van der Waals surface area contributed by atoms with E-state index in [0.29, 0.717) is 19.3 Å². The number of esters is 3. The molecule has 72 heavy (non-hydrogen) atoms. The van der Waals surface area contributed by atoms with Gasteiger partial charge < -0.3 is 14.2 Å². The first-order valence-electron chi connectivity index (χ1n) is 32.7. The Bertz CT molecular complexity index is 1120. The van der Waals surface area contributed by atoms with Crippen LogP contribution in [0, 0.1) is 17.8 Å². The Morgan fingerprint density at radius 2 is 0.444 bits per heavy atom. The fourth-order valence-electron chi connectivity index (χ4n) is 10.1. The molecule has 0 aromatic rings. The molecule has 0 heterocycles. The van der Waals surface area contributed by atoms with Crippen LogP contribution in [0.4, 0.5) is 0 Å². The van der Waals surface area contributed by atoms with E-state index < -0.39 is 6.10 Å². The normalized spacial score (nSPS) is 13.2. The van der Waals surface area contributed by atoms with Crippen molar-refractivity contribution >= 4 is 17.9 Å². The molecule has 0 aromatic heterocycles. The van der Waals surface area contributed by atoms with Gasteiger partial charge in [0.15, 0.2) is 6.10 Å². The highest BCUT2D eigenvalue weighted by atomic mass is 16.6. The molecular formula is C66H128O6. The van der Waals surface area contributed by atoms with Crippen LogP contribution in [0.15, 0.2) is 0 Å². The highest BCUT2D eigenvalue weighted by Crippen LogP contribution is 2.20. The van der Waals surface area contributed by atoms with Gasteiger partial charge in [0.2, 0.25) is 0 Å². The van der Waals surface area contributed by atoms with Gasteiger partial charge in [-0.15, -0.1) is 0 Å². The zero-order chi connectivity index (χ0) is 52.6. The highest BCUT2D eigenvalue weighted by molar-refractivity contribution is 5.71. The van der Waals surface area contributed by atoms with Crippen LogP contribution >= 0.6 is 0 Å². The van der Waals surface area contributed by atoms with Gasteiger partial charge in [-0.05, 0) is 37.0 Å². The second-order valence-corrected chi connectivity index (χ2v) is 23.5. The van der Waals surface area contributed by atoms with Gasteiger partial charge in [-0.25, -0.2) is 0 Å². The molecule has 4 atom stereocenters. The molecule has 0 radical (unpaired) electrons. The first-order chi connectivity index (χ1) is 35.2. The maximum Gasteiger partial charge on any atom is 0.306 e. The molecule has 0 aliphatic rings. The van der Waals surface area contributed by atoms with Crippen LogP contribution in [-0.2, 0) is 28.6 Å². The van der Waals surface area contributed by atoms with E-state index in [1.165, 1.54) is 250 Å². The van der Waals surface area contributed by atoms with Crippen LogP contribution in [0.5, 0.6) is 0 Å². The first-order valence-corrected chi connectivity index (χ1v) is 32.7. The average Bonchev–Trinajstić information content (AvgIpc) is 3.38. The summed E-state index contributed by atoms with van der Waals surface area (Å²) in [4.78, 5) is 38.3. The number of ether oxygens (including phenoxy) is 3. The minimum absolute atomic E-state index is 0.0627. The lowest BCUT2D eigenvalue weighted by Crippen LogP contribution is -2.30. The second-order valence-electron chi connectivity index (χ2n) is 23.5. The van der Waals surface area contributed by atoms with E-state index in [1.54, 1.807) is 0 Å². The summed E-state index contributed by atoms with van der Waals surface area (Å²) < 4.78 is 17.0. The zero-order valence-electron chi connectivity index (χ0n) is 49.7. The van der Waals surface area contributed by atoms with E-state index >= 15 is 0 Å². The zero-order valence-corrected chi connectivity index (χ0v) is 49.7. The molecule has 3 unspecified atom stereocenters. The van der Waals surface area contributed by atoms with Gasteiger partial charge in [0.05, 0.1) is 0 Å². The number of rotatable bonds is 59. The van der Waals surface area contributed by atoms with Gasteiger partial charge in [-0.3, -0.25) is 14.4 Å². The predicted octanol–water partition coefficient (Wildman–Crippen LogP) is 21.8. The minimum Gasteiger partial charge on any atom is -0.462 e. The molecule has 0 aromatic carbocycles. The largest absolute Gasteiger partial charge is 0.462 e. The lowest BCUT2D eigenvalue weighted by atomic mass is 9.99. The molecule has 0 spiro atoms. The van der Waals surface area contributed by atoms with E-state index in [4.69, 9.17) is 14.2 Å². The Morgan fingerprint density at radius 1 is 0.264 bits per heavy atom. The van der Waals surface area contributed by atoms with E-state index in [2.05, 4.69) is 41.5 Å². The van der Waals surface area contributed by atoms with Crippen molar-refractivity contribution in [1.29, 1.82) is 0 Å². The van der Waals surface area contributed by atoms with Crippen LogP contribution in [0.3, 0.4) is 0 Å². The van der Waals surface area contributed by atoms with Gasteiger partial charge >= 0.3 is 17.9 Å². The lowest BCUT2D eigenvalue weighted by Gasteiger charge is -2.18. The molecule has 0 aliphatic carbocycles. The Morgan fingerprint density at radius 3 is 0.653 bits per heavy atom. The van der Waals surface area contributed by atoms with Gasteiger partial charge in [-0.2, -0.15) is 0 Å². The van der Waals surface area contributed by atoms with Gasteiger partial charge in [0.1, 0.15) is 13.2 Å². The molecule has 428 valence electrons. The van der Waals surface area contributed by atoms with Crippen molar-refractivity contribution in [2.24, 2.45) is 17.8 Å². The molecule has 0 amide bonds. The third kappa shape index (κ3) is 54.7. The van der Waals surface area contributed by atoms with E-state index in [-0.39, 0.29) is 31.1 Å². The minimum atomic E-state index is -0.765. The highest BCUT2D eigenvalue weighted by Gasteiger charge is 2.20. The maximum atomic E-state index is 12.9. The molecule has 0 saturated carbocycles. The van der Waals surface area contributed by atoms with Gasteiger partial charge in [0, 0.05) is 19.3 Å². The number of carbonyl (C=O) groups excluding carboxylic acids is 3. The fraction of sp³-hybridized carbons (Fsp3) is 0.955. The average molecular weight is 1020 g/mol. The topological polar surface area (TPSA) is 78.9 Å². The fourth-order valence-corrected chi connectivity index (χ4v) is 10.1. The Balaban J connectivity index is 4.28. The molecule has 0 N–H and O–H groups in total. The molecule has 0 rings (SSSR count). The molecular weight excluding hydrogens is 889 g/mol. The van der Waals surface area contributed by atoms with Crippen molar-refractivity contribution in [3.8, 4) is 0 Å². The molecule has 0 fully saturated rings. The Hall–Kier alpha value is -1.59. The molecule has 6 heteroatoms. The van der Waals surface area contributed by atoms with Crippen LogP contribution in [0.1, 0.15) is 369 Å². The van der Waals surface area contributed by atoms with Crippen molar-refractivity contribution in [3.05, 3.63) is 0 Å². The lowest BCUT2D eigenvalue weighted by molar-refractivity contribution is -0.167. The smallest absolute Gasteiger partial charge is 0.306 e. The summed E-state index contributed by atoms with van der Waals surface area (Å²) >= 11 is 0. The third-order valence-electron chi connectivity index (χ3n) is 16.2. The third-order valence-corrected chi connectivity index (χ3v) is 16.2. The summed E-state index contributed by atoms with van der Waals surface area (Å²) in [7, 11) is 0. The van der Waals surface area contributed by atoms with E-state index in [9.17, 15) is 14.4 Å². The number of unbranched alkanes of at least 4 members (excludes halogenated alkanes) is 39. The van der Waals surface area contributed by atoms with Crippen molar-refractivity contribution in [2.75, 3.05) is 13.2 Å². The van der Waals surface area contributed by atoms with Crippen LogP contribution in [0.25, 0.3) is 0 Å². The van der Waals surface area contributed by atoms with Crippen molar-refractivity contribution in [3.63, 3.8) is 0 Å². The van der Waals surface area contributed by atoms with Gasteiger partial charge in [0.25, 0.3) is 0 Å². The first kappa shape index (κ1) is 70.4. The number of hydrogen-bond acceptors (Lipinski definition) is 6. The number of hydrogen-bond donors (Lipinski definition) is 0. The van der Waals surface area contributed by atoms with Crippen LogP contribution in [0.2, 0.25) is 0 Å².